The van der Waals surface area contributed by atoms with Gasteiger partial charge in [-0.25, -0.2) is 4.79 Å². The van der Waals surface area contributed by atoms with Gasteiger partial charge in [0.15, 0.2) is 11.5 Å². The van der Waals surface area contributed by atoms with E-state index in [2.05, 4.69) is 0 Å². The Morgan fingerprint density at radius 2 is 1.50 bits per heavy atom. The Morgan fingerprint density at radius 1 is 0.947 bits per heavy atom. The number of carbonyl (C=O) groups excluding carboxylic acids is 3. The lowest BCUT2D eigenvalue weighted by molar-refractivity contribution is -0.139. The number of aliphatic carboxylic acids is 1. The molecule has 2 unspecified atom stereocenters. The summed E-state index contributed by atoms with van der Waals surface area (Å²) in [5.74, 6) is -3.58. The van der Waals surface area contributed by atoms with E-state index in [0.717, 1.165) is 12.8 Å². The summed E-state index contributed by atoms with van der Waals surface area (Å²) in [4.78, 5) is 48.7. The maximum Gasteiger partial charge on any atom is 0.508 e. The third-order valence-corrected chi connectivity index (χ3v) is 6.23. The molecule has 10 nitrogen and oxygen atoms in total. The zero-order chi connectivity index (χ0) is 28.9. The molecule has 3 atom stereocenters. The summed E-state index contributed by atoms with van der Waals surface area (Å²) < 4.78 is 21.5. The average Bonchev–Trinajstić information content (AvgIpc) is 2.86. The summed E-state index contributed by atoms with van der Waals surface area (Å²) in [6.45, 7) is 10.8. The highest BCUT2D eigenvalue weighted by molar-refractivity contribution is 5.77. The van der Waals surface area contributed by atoms with Gasteiger partial charge in [0.05, 0.1) is 6.61 Å². The zero-order valence-corrected chi connectivity index (χ0v) is 23.4. The monoisotopic (exact) mass is 537 g/mol. The van der Waals surface area contributed by atoms with Crippen LogP contribution in [0.25, 0.3) is 0 Å². The van der Waals surface area contributed by atoms with Gasteiger partial charge >= 0.3 is 24.1 Å². The first-order valence-corrected chi connectivity index (χ1v) is 13.2. The van der Waals surface area contributed by atoms with E-state index in [0.29, 0.717) is 24.8 Å². The van der Waals surface area contributed by atoms with Crippen molar-refractivity contribution in [1.82, 2.24) is 0 Å². The summed E-state index contributed by atoms with van der Waals surface area (Å²) in [6, 6.07) is 3.11. The Kier molecular flexibility index (Phi) is 13.8. The first-order valence-electron chi connectivity index (χ1n) is 13.2. The summed E-state index contributed by atoms with van der Waals surface area (Å²) >= 11 is 0. The Bertz CT molecular complexity index is 944. The normalized spacial score (nSPS) is 13.7. The van der Waals surface area contributed by atoms with Gasteiger partial charge in [0.1, 0.15) is 11.6 Å². The van der Waals surface area contributed by atoms with Crippen molar-refractivity contribution in [1.29, 1.82) is 0 Å². The van der Waals surface area contributed by atoms with Gasteiger partial charge in [0.25, 0.3) is 0 Å². The predicted molar refractivity (Wildman–Crippen MR) is 141 cm³/mol. The standard InChI is InChI=1S/C28H43NO9/c1-7-10-12-22(30)36-20-15-14-19(16-21(20)37-23(31)13-11-8-2)24(25(29)26(32)33)18(4)17-35-27(34)38-28(5,6)9-3/h14-16,18,24-25H,7-13,17,29H2,1-6H3,(H,32,33)/t18?,24?,25-/m0/s1. The topological polar surface area (TPSA) is 151 Å². The number of benzene rings is 1. The molecule has 0 bridgehead atoms. The molecule has 0 amide bonds. The van der Waals surface area contributed by atoms with Crippen molar-refractivity contribution in [3.63, 3.8) is 0 Å². The molecule has 0 aromatic heterocycles. The van der Waals surface area contributed by atoms with Crippen LogP contribution < -0.4 is 15.2 Å². The van der Waals surface area contributed by atoms with Gasteiger partial charge < -0.3 is 29.8 Å². The molecule has 0 spiro atoms. The van der Waals surface area contributed by atoms with Crippen LogP contribution in [0.2, 0.25) is 0 Å². The molecule has 38 heavy (non-hydrogen) atoms. The SMILES string of the molecule is CCCCC(=O)Oc1ccc(C(C(C)COC(=O)OC(C)(C)CC)[C@H](N)C(=O)O)cc1OC(=O)CCCC. The third-order valence-electron chi connectivity index (χ3n) is 6.23. The van der Waals surface area contributed by atoms with Crippen molar-refractivity contribution in [3.8, 4) is 11.5 Å². The second kappa shape index (κ2) is 16.0. The minimum absolute atomic E-state index is 0.00624. The number of hydrogen-bond donors (Lipinski definition) is 2. The fourth-order valence-electron chi connectivity index (χ4n) is 3.56. The van der Waals surface area contributed by atoms with Gasteiger partial charge in [-0.05, 0) is 56.7 Å². The van der Waals surface area contributed by atoms with Crippen LogP contribution in [0.15, 0.2) is 18.2 Å². The van der Waals surface area contributed by atoms with Gasteiger partial charge in [0.2, 0.25) is 0 Å². The van der Waals surface area contributed by atoms with Gasteiger partial charge in [-0.1, -0.05) is 46.6 Å². The molecule has 1 rings (SSSR count). The fraction of sp³-hybridized carbons (Fsp3) is 0.643. The van der Waals surface area contributed by atoms with Crippen molar-refractivity contribution in [3.05, 3.63) is 23.8 Å². The van der Waals surface area contributed by atoms with Crippen LogP contribution in [0, 0.1) is 5.92 Å². The van der Waals surface area contributed by atoms with Crippen LogP contribution in [0.5, 0.6) is 11.5 Å². The Morgan fingerprint density at radius 3 is 2.00 bits per heavy atom. The van der Waals surface area contributed by atoms with Crippen LogP contribution in [0.3, 0.4) is 0 Å². The third kappa shape index (κ3) is 11.1. The summed E-state index contributed by atoms with van der Waals surface area (Å²) in [6.07, 6.45) is 2.95. The minimum Gasteiger partial charge on any atom is -0.480 e. The molecule has 0 aliphatic carbocycles. The van der Waals surface area contributed by atoms with Crippen molar-refractivity contribution < 1.29 is 43.2 Å². The maximum absolute atomic E-state index is 12.4. The smallest absolute Gasteiger partial charge is 0.480 e. The minimum atomic E-state index is -1.36. The van der Waals surface area contributed by atoms with E-state index in [1.165, 1.54) is 12.1 Å². The van der Waals surface area contributed by atoms with Gasteiger partial charge in [-0.15, -0.1) is 0 Å². The number of rotatable bonds is 16. The van der Waals surface area contributed by atoms with Crippen molar-refractivity contribution in [2.75, 3.05) is 6.61 Å². The molecular weight excluding hydrogens is 494 g/mol. The molecule has 0 fully saturated rings. The van der Waals surface area contributed by atoms with Crippen LogP contribution in [-0.4, -0.2) is 47.4 Å². The largest absolute Gasteiger partial charge is 0.508 e. The maximum atomic E-state index is 12.4. The van der Waals surface area contributed by atoms with E-state index in [1.54, 1.807) is 26.8 Å². The second-order valence-electron chi connectivity index (χ2n) is 10.0. The molecule has 1 aromatic carbocycles. The molecule has 0 saturated carbocycles. The number of carboxylic acid groups (broad SMARTS) is 1. The van der Waals surface area contributed by atoms with E-state index in [-0.39, 0.29) is 30.9 Å². The quantitative estimate of drug-likeness (QED) is 0.208. The number of hydrogen-bond acceptors (Lipinski definition) is 9. The van der Waals surface area contributed by atoms with Gasteiger partial charge in [-0.3, -0.25) is 14.4 Å². The average molecular weight is 538 g/mol. The lowest BCUT2D eigenvalue weighted by Gasteiger charge is -2.28. The number of carbonyl (C=O) groups is 4. The lowest BCUT2D eigenvalue weighted by Crippen LogP contribution is -2.41. The number of esters is 2. The molecule has 1 aromatic rings. The fourth-order valence-corrected chi connectivity index (χ4v) is 3.56. The van der Waals surface area contributed by atoms with Crippen LogP contribution in [0.1, 0.15) is 98.0 Å². The molecule has 10 heteroatoms. The first-order chi connectivity index (χ1) is 17.8. The van der Waals surface area contributed by atoms with E-state index in [1.807, 2.05) is 20.8 Å². The molecule has 0 saturated heterocycles. The number of nitrogens with two attached hydrogens (primary N) is 1. The molecule has 0 heterocycles. The van der Waals surface area contributed by atoms with Crippen molar-refractivity contribution in [2.24, 2.45) is 11.7 Å². The van der Waals surface area contributed by atoms with E-state index >= 15 is 0 Å². The molecule has 214 valence electrons. The molecule has 0 radical (unpaired) electrons. The Hall–Kier alpha value is -3.14. The van der Waals surface area contributed by atoms with Crippen LogP contribution in [0.4, 0.5) is 4.79 Å². The highest BCUT2D eigenvalue weighted by Crippen LogP contribution is 2.36. The van der Waals surface area contributed by atoms with Crippen LogP contribution in [-0.2, 0) is 23.9 Å². The summed E-state index contributed by atoms with van der Waals surface area (Å²) in [5, 5.41) is 9.68. The lowest BCUT2D eigenvalue weighted by atomic mass is 9.82. The molecule has 0 aliphatic heterocycles. The molecule has 3 N–H and O–H groups in total. The highest BCUT2D eigenvalue weighted by atomic mass is 16.7. The second-order valence-corrected chi connectivity index (χ2v) is 10.0. The van der Waals surface area contributed by atoms with E-state index in [4.69, 9.17) is 24.7 Å². The van der Waals surface area contributed by atoms with Crippen molar-refractivity contribution in [2.45, 2.75) is 104 Å². The highest BCUT2D eigenvalue weighted by Gasteiger charge is 2.33. The molecule has 0 aliphatic rings. The Labute approximate surface area is 225 Å². The van der Waals surface area contributed by atoms with E-state index in [9.17, 15) is 24.3 Å². The predicted octanol–water partition coefficient (Wildman–Crippen LogP) is 5.35. The van der Waals surface area contributed by atoms with Crippen molar-refractivity contribution >= 4 is 24.1 Å². The number of ether oxygens (including phenoxy) is 4. The zero-order valence-electron chi connectivity index (χ0n) is 23.4. The number of carboxylic acids is 1. The van der Waals surface area contributed by atoms with Gasteiger partial charge in [-0.2, -0.15) is 0 Å². The van der Waals surface area contributed by atoms with Gasteiger partial charge in [0, 0.05) is 18.8 Å². The van der Waals surface area contributed by atoms with Crippen LogP contribution >= 0.6 is 0 Å². The Balaban J connectivity index is 3.28. The van der Waals surface area contributed by atoms with E-state index < -0.39 is 47.5 Å². The number of unbranched alkanes of at least 4 members (excludes halogenated alkanes) is 2. The molecular formula is C28H43NO9. The summed E-state index contributed by atoms with van der Waals surface area (Å²) in [5.41, 5.74) is 5.76. The summed E-state index contributed by atoms with van der Waals surface area (Å²) in [7, 11) is 0. The first kappa shape index (κ1) is 32.9.